The Morgan fingerprint density at radius 3 is 2.40 bits per heavy atom. The van der Waals surface area contributed by atoms with Crippen LogP contribution in [0, 0.1) is 5.92 Å². The molecule has 0 atom stereocenters. The maximum absolute atomic E-state index is 4.18. The van der Waals surface area contributed by atoms with E-state index in [2.05, 4.69) is 43.2 Å². The number of nitrogens with zero attached hydrogens (tertiary/aromatic N) is 2. The molecule has 0 aliphatic carbocycles. The molecule has 1 aromatic heterocycles. The highest BCUT2D eigenvalue weighted by Gasteiger charge is 2.09. The van der Waals surface area contributed by atoms with Gasteiger partial charge in [0.2, 0.25) is 5.13 Å². The predicted molar refractivity (Wildman–Crippen MR) is 66.4 cm³/mol. The molecule has 1 aromatic rings. The Hall–Kier alpha value is -0.640. The van der Waals surface area contributed by atoms with E-state index in [1.165, 1.54) is 0 Å². The minimum atomic E-state index is 0.532. The molecular formula is C11H21N3S. The van der Waals surface area contributed by atoms with Crippen molar-refractivity contribution in [2.75, 3.05) is 5.32 Å². The van der Waals surface area contributed by atoms with Crippen LogP contribution in [0.15, 0.2) is 0 Å². The Labute approximate surface area is 96.3 Å². The summed E-state index contributed by atoms with van der Waals surface area (Å²) in [6.45, 7) is 8.79. The summed E-state index contributed by atoms with van der Waals surface area (Å²) in [5.74, 6) is 0.652. The third-order valence-corrected chi connectivity index (χ3v) is 3.24. The zero-order valence-corrected chi connectivity index (χ0v) is 10.9. The van der Waals surface area contributed by atoms with Gasteiger partial charge in [0, 0.05) is 12.5 Å². The number of aromatic nitrogens is 2. The van der Waals surface area contributed by atoms with Crippen LogP contribution in [0.2, 0.25) is 0 Å². The first-order valence-corrected chi connectivity index (χ1v) is 6.56. The molecular weight excluding hydrogens is 206 g/mol. The summed E-state index contributed by atoms with van der Waals surface area (Å²) in [7, 11) is 0. The van der Waals surface area contributed by atoms with E-state index < -0.39 is 0 Å². The van der Waals surface area contributed by atoms with Crippen LogP contribution in [0.4, 0.5) is 5.13 Å². The maximum Gasteiger partial charge on any atom is 0.205 e. The molecule has 0 spiro atoms. The summed E-state index contributed by atoms with van der Waals surface area (Å²) in [4.78, 5) is 0. The van der Waals surface area contributed by atoms with Gasteiger partial charge in [-0.1, -0.05) is 39.0 Å². The van der Waals surface area contributed by atoms with Crippen molar-refractivity contribution >= 4 is 16.5 Å². The first kappa shape index (κ1) is 12.4. The van der Waals surface area contributed by atoms with Gasteiger partial charge < -0.3 is 5.32 Å². The monoisotopic (exact) mass is 227 g/mol. The molecule has 0 amide bonds. The van der Waals surface area contributed by atoms with Crippen LogP contribution in [-0.2, 0) is 6.42 Å². The van der Waals surface area contributed by atoms with Crippen molar-refractivity contribution in [1.29, 1.82) is 0 Å². The van der Waals surface area contributed by atoms with Gasteiger partial charge >= 0.3 is 0 Å². The van der Waals surface area contributed by atoms with Crippen LogP contribution < -0.4 is 5.32 Å². The molecule has 0 unspecified atom stereocenters. The minimum absolute atomic E-state index is 0.532. The van der Waals surface area contributed by atoms with Crippen molar-refractivity contribution in [2.45, 2.75) is 53.0 Å². The van der Waals surface area contributed by atoms with Crippen molar-refractivity contribution < 1.29 is 0 Å². The van der Waals surface area contributed by atoms with Gasteiger partial charge in [-0.15, -0.1) is 10.2 Å². The Bertz CT molecular complexity index is 279. The smallest absolute Gasteiger partial charge is 0.205 e. The van der Waals surface area contributed by atoms with Crippen molar-refractivity contribution in [2.24, 2.45) is 5.92 Å². The largest absolute Gasteiger partial charge is 0.357 e. The quantitative estimate of drug-likeness (QED) is 0.810. The van der Waals surface area contributed by atoms with E-state index in [4.69, 9.17) is 0 Å². The normalized spacial score (nSPS) is 11.3. The van der Waals surface area contributed by atoms with Crippen molar-refractivity contribution in [3.05, 3.63) is 5.01 Å². The van der Waals surface area contributed by atoms with Crippen LogP contribution in [0.3, 0.4) is 0 Å². The Balaban J connectivity index is 2.52. The van der Waals surface area contributed by atoms with E-state index >= 15 is 0 Å². The highest BCUT2D eigenvalue weighted by Crippen LogP contribution is 2.19. The average molecular weight is 227 g/mol. The van der Waals surface area contributed by atoms with Gasteiger partial charge in [0.15, 0.2) is 0 Å². The molecule has 0 saturated heterocycles. The lowest BCUT2D eigenvalue weighted by Crippen LogP contribution is -2.16. The minimum Gasteiger partial charge on any atom is -0.357 e. The molecule has 0 aliphatic rings. The van der Waals surface area contributed by atoms with E-state index in [1.54, 1.807) is 11.3 Å². The standard InChI is InChI=1S/C11H21N3S/c1-5-9(6-2)12-11-14-13-10(15-11)7-8(3)4/h8-9H,5-7H2,1-4H3,(H,12,14). The first-order valence-electron chi connectivity index (χ1n) is 5.74. The molecule has 0 aromatic carbocycles. The summed E-state index contributed by atoms with van der Waals surface area (Å²) < 4.78 is 0. The molecule has 0 radical (unpaired) electrons. The van der Waals surface area contributed by atoms with Gasteiger partial charge in [-0.25, -0.2) is 0 Å². The van der Waals surface area contributed by atoms with Crippen LogP contribution in [0.5, 0.6) is 0 Å². The fourth-order valence-corrected chi connectivity index (χ4v) is 2.44. The van der Waals surface area contributed by atoms with Crippen molar-refractivity contribution in [3.63, 3.8) is 0 Å². The number of anilines is 1. The van der Waals surface area contributed by atoms with Crippen molar-refractivity contribution in [1.82, 2.24) is 10.2 Å². The van der Waals surface area contributed by atoms with Crippen molar-refractivity contribution in [3.8, 4) is 0 Å². The number of hydrogen-bond acceptors (Lipinski definition) is 4. The summed E-state index contributed by atoms with van der Waals surface area (Å²) >= 11 is 1.69. The van der Waals surface area contributed by atoms with Crippen LogP contribution in [0.25, 0.3) is 0 Å². The van der Waals surface area contributed by atoms with E-state index in [0.717, 1.165) is 29.4 Å². The van der Waals surface area contributed by atoms with Crippen LogP contribution in [0.1, 0.15) is 45.5 Å². The molecule has 0 fully saturated rings. The molecule has 0 saturated carbocycles. The highest BCUT2D eigenvalue weighted by atomic mass is 32.1. The Morgan fingerprint density at radius 1 is 1.20 bits per heavy atom. The number of hydrogen-bond donors (Lipinski definition) is 1. The predicted octanol–water partition coefficient (Wildman–Crippen LogP) is 3.34. The molecule has 3 nitrogen and oxygen atoms in total. The lowest BCUT2D eigenvalue weighted by molar-refractivity contribution is 0.639. The molecule has 1 heterocycles. The van der Waals surface area contributed by atoms with E-state index in [0.29, 0.717) is 12.0 Å². The summed E-state index contributed by atoms with van der Waals surface area (Å²) in [5, 5.41) is 13.9. The fraction of sp³-hybridized carbons (Fsp3) is 0.818. The molecule has 86 valence electrons. The zero-order chi connectivity index (χ0) is 11.3. The molecule has 0 aliphatic heterocycles. The maximum atomic E-state index is 4.18. The summed E-state index contributed by atoms with van der Waals surface area (Å²) in [6.07, 6.45) is 3.30. The molecule has 15 heavy (non-hydrogen) atoms. The summed E-state index contributed by atoms with van der Waals surface area (Å²) in [5.41, 5.74) is 0. The van der Waals surface area contributed by atoms with Gasteiger partial charge in [-0.05, 0) is 18.8 Å². The molecule has 4 heteroatoms. The van der Waals surface area contributed by atoms with Gasteiger partial charge in [0.25, 0.3) is 0 Å². The fourth-order valence-electron chi connectivity index (χ4n) is 1.41. The second-order valence-corrected chi connectivity index (χ2v) is 5.32. The van der Waals surface area contributed by atoms with E-state index in [-0.39, 0.29) is 0 Å². The zero-order valence-electron chi connectivity index (χ0n) is 10.1. The number of nitrogens with one attached hydrogen (secondary N) is 1. The van der Waals surface area contributed by atoms with Crippen LogP contribution >= 0.6 is 11.3 Å². The topological polar surface area (TPSA) is 37.8 Å². The second kappa shape index (κ2) is 6.05. The van der Waals surface area contributed by atoms with E-state index in [1.807, 2.05) is 0 Å². The van der Waals surface area contributed by atoms with Crippen LogP contribution in [-0.4, -0.2) is 16.2 Å². The third kappa shape index (κ3) is 4.16. The third-order valence-electron chi connectivity index (χ3n) is 2.36. The van der Waals surface area contributed by atoms with Gasteiger partial charge in [-0.3, -0.25) is 0 Å². The van der Waals surface area contributed by atoms with E-state index in [9.17, 15) is 0 Å². The molecule has 0 bridgehead atoms. The average Bonchev–Trinajstić information content (AvgIpc) is 2.61. The molecule has 1 N–H and O–H groups in total. The lowest BCUT2D eigenvalue weighted by atomic mass is 10.1. The Morgan fingerprint density at radius 2 is 1.87 bits per heavy atom. The summed E-state index contributed by atoms with van der Waals surface area (Å²) in [6, 6.07) is 0.532. The highest BCUT2D eigenvalue weighted by molar-refractivity contribution is 7.15. The SMILES string of the molecule is CCC(CC)Nc1nnc(CC(C)C)s1. The first-order chi connectivity index (χ1) is 7.15. The second-order valence-electron chi connectivity index (χ2n) is 4.26. The van der Waals surface area contributed by atoms with Gasteiger partial charge in [0.1, 0.15) is 5.01 Å². The Kier molecular flexibility index (Phi) is 5.02. The lowest BCUT2D eigenvalue weighted by Gasteiger charge is -2.12. The van der Waals surface area contributed by atoms with Gasteiger partial charge in [0.05, 0.1) is 0 Å². The van der Waals surface area contributed by atoms with Gasteiger partial charge in [-0.2, -0.15) is 0 Å². The molecule has 1 rings (SSSR count). The number of rotatable bonds is 6.